The molecule has 0 aliphatic rings. The first-order valence-electron chi connectivity index (χ1n) is 7.51. The Morgan fingerprint density at radius 3 is 2.58 bits per heavy atom. The summed E-state index contributed by atoms with van der Waals surface area (Å²) in [5.74, 6) is 0. The Morgan fingerprint density at radius 2 is 1.79 bits per heavy atom. The zero-order valence-electron chi connectivity index (χ0n) is 12.9. The molecule has 0 atom stereocenters. The van der Waals surface area contributed by atoms with Crippen molar-refractivity contribution in [3.63, 3.8) is 0 Å². The topological polar surface area (TPSA) is 46.4 Å². The number of carbonyl (C=O) groups excluding carboxylic acids is 1. The number of hydrogen-bond donors (Lipinski definition) is 1. The van der Waals surface area contributed by atoms with Gasteiger partial charge in [0.05, 0.1) is 6.54 Å². The standard InChI is InChI=1S/C19H16ClN3O/c20-16-9-6-10-17(13-16)22-19(24)23-12-5-4-11-18(23)21-14-15-7-2-1-3-8-15/h1-13H,14H2,(H,22,24). The Balaban J connectivity index is 1.84. The molecular formula is C19H16ClN3O. The van der Waals surface area contributed by atoms with Crippen LogP contribution in [0.3, 0.4) is 0 Å². The smallest absolute Gasteiger partial charge is 0.307 e. The van der Waals surface area contributed by atoms with Gasteiger partial charge < -0.3 is 5.32 Å². The van der Waals surface area contributed by atoms with Crippen LogP contribution in [0, 0.1) is 0 Å². The number of carbonyl (C=O) groups is 1. The molecule has 0 aliphatic heterocycles. The summed E-state index contributed by atoms with van der Waals surface area (Å²) in [4.78, 5) is 17.0. The maximum absolute atomic E-state index is 12.5. The van der Waals surface area contributed by atoms with Crippen molar-refractivity contribution in [2.75, 3.05) is 5.32 Å². The Kier molecular flexibility index (Phi) is 5.08. The van der Waals surface area contributed by atoms with Crippen molar-refractivity contribution >= 4 is 23.3 Å². The van der Waals surface area contributed by atoms with Crippen LogP contribution in [0.4, 0.5) is 10.5 Å². The van der Waals surface area contributed by atoms with Crippen LogP contribution < -0.4 is 10.8 Å². The summed E-state index contributed by atoms with van der Waals surface area (Å²) >= 11 is 5.95. The lowest BCUT2D eigenvalue weighted by Gasteiger charge is -2.09. The summed E-state index contributed by atoms with van der Waals surface area (Å²) in [6.45, 7) is 0.509. The Morgan fingerprint density at radius 1 is 1.00 bits per heavy atom. The zero-order valence-corrected chi connectivity index (χ0v) is 13.6. The number of pyridine rings is 1. The van der Waals surface area contributed by atoms with Crippen molar-refractivity contribution < 1.29 is 4.79 Å². The van der Waals surface area contributed by atoms with Gasteiger partial charge in [0.1, 0.15) is 5.49 Å². The second kappa shape index (κ2) is 7.62. The van der Waals surface area contributed by atoms with Crippen LogP contribution in [0.5, 0.6) is 0 Å². The van der Waals surface area contributed by atoms with Crippen LogP contribution in [0.2, 0.25) is 5.02 Å². The van der Waals surface area contributed by atoms with E-state index >= 15 is 0 Å². The predicted molar refractivity (Wildman–Crippen MR) is 96.0 cm³/mol. The molecule has 24 heavy (non-hydrogen) atoms. The average Bonchev–Trinajstić information content (AvgIpc) is 2.61. The van der Waals surface area contributed by atoms with E-state index in [0.717, 1.165) is 5.56 Å². The Bertz CT molecular complexity index is 903. The van der Waals surface area contributed by atoms with Crippen LogP contribution in [-0.2, 0) is 6.54 Å². The van der Waals surface area contributed by atoms with Crippen molar-refractivity contribution in [3.05, 3.63) is 95.1 Å². The van der Waals surface area contributed by atoms with Gasteiger partial charge in [-0.1, -0.05) is 54.1 Å². The molecule has 0 unspecified atom stereocenters. The number of nitrogens with zero attached hydrogens (tertiary/aromatic N) is 2. The zero-order chi connectivity index (χ0) is 16.8. The number of anilines is 1. The van der Waals surface area contributed by atoms with Gasteiger partial charge in [-0.3, -0.25) is 9.56 Å². The van der Waals surface area contributed by atoms with Crippen molar-refractivity contribution in [2.45, 2.75) is 6.54 Å². The molecule has 4 nitrogen and oxygen atoms in total. The summed E-state index contributed by atoms with van der Waals surface area (Å²) in [5.41, 5.74) is 2.31. The molecule has 0 bridgehead atoms. The summed E-state index contributed by atoms with van der Waals surface area (Å²) in [6, 6.07) is 22.1. The summed E-state index contributed by atoms with van der Waals surface area (Å²) in [5, 5.41) is 3.39. The van der Waals surface area contributed by atoms with Crippen molar-refractivity contribution in [3.8, 4) is 0 Å². The first-order valence-corrected chi connectivity index (χ1v) is 7.89. The van der Waals surface area contributed by atoms with Gasteiger partial charge in [0.2, 0.25) is 0 Å². The van der Waals surface area contributed by atoms with Crippen LogP contribution in [-0.4, -0.2) is 10.6 Å². The lowest BCUT2D eigenvalue weighted by molar-refractivity contribution is 0.252. The number of amides is 1. The lowest BCUT2D eigenvalue weighted by atomic mass is 10.2. The second-order valence-corrected chi connectivity index (χ2v) is 5.61. The quantitative estimate of drug-likeness (QED) is 0.760. The van der Waals surface area contributed by atoms with E-state index in [1.807, 2.05) is 36.4 Å². The molecular weight excluding hydrogens is 322 g/mol. The largest absolute Gasteiger partial charge is 0.331 e. The lowest BCUT2D eigenvalue weighted by Crippen LogP contribution is -2.30. The molecule has 0 spiro atoms. The molecule has 0 fully saturated rings. The molecule has 0 aliphatic carbocycles. The molecule has 2 aromatic carbocycles. The van der Waals surface area contributed by atoms with E-state index < -0.39 is 0 Å². The van der Waals surface area contributed by atoms with Gasteiger partial charge in [-0.25, -0.2) is 4.79 Å². The minimum Gasteiger partial charge on any atom is -0.307 e. The molecule has 3 rings (SSSR count). The molecule has 5 heteroatoms. The number of halogens is 1. The molecule has 1 amide bonds. The average molecular weight is 338 g/mol. The predicted octanol–water partition coefficient (Wildman–Crippen LogP) is 4.32. The molecule has 1 aromatic heterocycles. The van der Waals surface area contributed by atoms with E-state index in [2.05, 4.69) is 10.3 Å². The summed E-state index contributed by atoms with van der Waals surface area (Å²) in [6.07, 6.45) is 1.68. The van der Waals surface area contributed by atoms with E-state index in [0.29, 0.717) is 22.7 Å². The highest BCUT2D eigenvalue weighted by Gasteiger charge is 2.05. The van der Waals surface area contributed by atoms with Crippen LogP contribution in [0.25, 0.3) is 0 Å². The molecule has 0 radical (unpaired) electrons. The summed E-state index contributed by atoms with van der Waals surface area (Å²) < 4.78 is 1.48. The van der Waals surface area contributed by atoms with Crippen molar-refractivity contribution in [1.82, 2.24) is 4.57 Å². The fourth-order valence-electron chi connectivity index (χ4n) is 2.24. The van der Waals surface area contributed by atoms with Gasteiger partial charge in [0.25, 0.3) is 0 Å². The molecule has 0 saturated heterocycles. The summed E-state index contributed by atoms with van der Waals surface area (Å²) in [7, 11) is 0. The van der Waals surface area contributed by atoms with Crippen molar-refractivity contribution in [1.29, 1.82) is 0 Å². The minimum atomic E-state index is -0.287. The highest BCUT2D eigenvalue weighted by atomic mass is 35.5. The molecule has 120 valence electrons. The maximum Gasteiger partial charge on any atom is 0.331 e. The highest BCUT2D eigenvalue weighted by Crippen LogP contribution is 2.14. The number of rotatable bonds is 3. The molecule has 1 N–H and O–H groups in total. The van der Waals surface area contributed by atoms with E-state index in [9.17, 15) is 4.79 Å². The normalized spacial score (nSPS) is 11.3. The Labute approximate surface area is 145 Å². The number of nitrogens with one attached hydrogen (secondary N) is 1. The van der Waals surface area contributed by atoms with Gasteiger partial charge in [0.15, 0.2) is 0 Å². The van der Waals surface area contributed by atoms with E-state index in [1.165, 1.54) is 4.57 Å². The molecule has 0 saturated carbocycles. The number of benzene rings is 2. The highest BCUT2D eigenvalue weighted by molar-refractivity contribution is 6.30. The number of aromatic nitrogens is 1. The molecule has 1 heterocycles. The first kappa shape index (κ1) is 16.0. The first-order chi connectivity index (χ1) is 11.7. The molecule has 3 aromatic rings. The van der Waals surface area contributed by atoms with Crippen LogP contribution >= 0.6 is 11.6 Å². The maximum atomic E-state index is 12.5. The van der Waals surface area contributed by atoms with Crippen LogP contribution in [0.1, 0.15) is 5.56 Å². The Hall–Kier alpha value is -2.85. The number of hydrogen-bond acceptors (Lipinski definition) is 2. The van der Waals surface area contributed by atoms with Gasteiger partial charge in [0, 0.05) is 16.9 Å². The monoisotopic (exact) mass is 337 g/mol. The van der Waals surface area contributed by atoms with Crippen molar-refractivity contribution in [2.24, 2.45) is 4.99 Å². The van der Waals surface area contributed by atoms with Gasteiger partial charge in [-0.15, -0.1) is 0 Å². The fraction of sp³-hybridized carbons (Fsp3) is 0.0526. The third kappa shape index (κ3) is 4.12. The van der Waals surface area contributed by atoms with E-state index in [1.54, 1.807) is 42.6 Å². The van der Waals surface area contributed by atoms with Crippen LogP contribution in [0.15, 0.2) is 84.0 Å². The third-order valence-corrected chi connectivity index (χ3v) is 3.63. The van der Waals surface area contributed by atoms with Gasteiger partial charge in [-0.05, 0) is 35.9 Å². The van der Waals surface area contributed by atoms with Gasteiger partial charge in [-0.2, -0.15) is 0 Å². The second-order valence-electron chi connectivity index (χ2n) is 5.17. The fourth-order valence-corrected chi connectivity index (χ4v) is 2.43. The SMILES string of the molecule is O=C(Nc1cccc(Cl)c1)n1ccccc1=NCc1ccccc1. The van der Waals surface area contributed by atoms with E-state index in [-0.39, 0.29) is 6.03 Å². The van der Waals surface area contributed by atoms with E-state index in [4.69, 9.17) is 11.6 Å². The minimum absolute atomic E-state index is 0.287. The van der Waals surface area contributed by atoms with Gasteiger partial charge >= 0.3 is 6.03 Å². The third-order valence-electron chi connectivity index (χ3n) is 3.40.